The van der Waals surface area contributed by atoms with Crippen LogP contribution in [0.3, 0.4) is 0 Å². The molecule has 0 aromatic heterocycles. The molecule has 0 unspecified atom stereocenters. The average Bonchev–Trinajstić information content (AvgIpc) is 2.71. The number of alkyl carbamates (subject to hydrolysis) is 2. The van der Waals surface area contributed by atoms with Crippen molar-refractivity contribution in [1.29, 1.82) is 0 Å². The van der Waals surface area contributed by atoms with Gasteiger partial charge in [-0.3, -0.25) is 0 Å². The third kappa shape index (κ3) is 35.7. The number of hydrogen-bond acceptors (Lipinski definition) is 6. The van der Waals surface area contributed by atoms with Gasteiger partial charge in [0.1, 0.15) is 13.2 Å². The Bertz CT molecular complexity index is 599. The van der Waals surface area contributed by atoms with Gasteiger partial charge in [-0.15, -0.1) is 0 Å². The van der Waals surface area contributed by atoms with E-state index in [0.717, 1.165) is 0 Å². The highest BCUT2D eigenvalue weighted by Gasteiger charge is 1.93. The topological polar surface area (TPSA) is 117 Å². The number of rotatable bonds is 5. The van der Waals surface area contributed by atoms with Gasteiger partial charge in [-0.1, -0.05) is 23.7 Å². The lowest BCUT2D eigenvalue weighted by Gasteiger charge is -1.99. The molecule has 0 radical (unpaired) electrons. The summed E-state index contributed by atoms with van der Waals surface area (Å²) in [6, 6.07) is 0. The van der Waals surface area contributed by atoms with E-state index in [-0.39, 0.29) is 25.4 Å². The van der Waals surface area contributed by atoms with Crippen molar-refractivity contribution in [3.63, 3.8) is 0 Å². The Kier molecular flexibility index (Phi) is 31.8. The molecule has 0 aliphatic carbocycles. The van der Waals surface area contributed by atoms with Crippen molar-refractivity contribution in [2.45, 2.75) is 40.5 Å². The summed E-state index contributed by atoms with van der Waals surface area (Å²) in [4.78, 5) is 20.6. The predicted molar refractivity (Wildman–Crippen MR) is 116 cm³/mol. The number of carbonyl (C=O) groups is 2. The van der Waals surface area contributed by atoms with Gasteiger partial charge in [0.2, 0.25) is 0 Å². The highest BCUT2D eigenvalue weighted by molar-refractivity contribution is 5.67. The molecule has 0 rings (SSSR count). The maximum Gasteiger partial charge on any atom is 0.407 e. The fourth-order valence-corrected chi connectivity index (χ4v) is 1.16. The van der Waals surface area contributed by atoms with Crippen LogP contribution >= 0.6 is 0 Å². The molecule has 0 spiro atoms. The summed E-state index contributed by atoms with van der Waals surface area (Å²) in [6.45, 7) is 9.03. The molecular weight excluding hydrogens is 388 g/mol. The summed E-state index contributed by atoms with van der Waals surface area (Å²) in [6.07, 6.45) is 0.590. The maximum absolute atomic E-state index is 10.3. The molecule has 0 aromatic carbocycles. The van der Waals surface area contributed by atoms with Gasteiger partial charge in [0.25, 0.3) is 0 Å². The molecule has 2 amide bonds. The van der Waals surface area contributed by atoms with Crippen molar-refractivity contribution in [3.05, 3.63) is 0 Å². The first kappa shape index (κ1) is 31.4. The maximum atomic E-state index is 10.3. The van der Waals surface area contributed by atoms with Gasteiger partial charge in [-0.2, -0.15) is 0 Å². The smallest absolute Gasteiger partial charge is 0.407 e. The van der Waals surface area contributed by atoms with Gasteiger partial charge >= 0.3 is 12.2 Å². The quantitative estimate of drug-likeness (QED) is 0.393. The standard InChI is InChI=1S/C12H10O2.2C5H11NO2/c13-11-9-7-5-3-1-2-4-6-8-10-12-14;2*1-3-6-5(7)8-4-2/h13-14H,1-2,11-12H2;2*3-4H2,1-2H3,(H,6,7). The summed E-state index contributed by atoms with van der Waals surface area (Å²) in [5.74, 6) is 20.5. The molecule has 0 aliphatic heterocycles. The van der Waals surface area contributed by atoms with Crippen LogP contribution in [0.4, 0.5) is 9.59 Å². The zero-order valence-corrected chi connectivity index (χ0v) is 18.2. The van der Waals surface area contributed by atoms with Crippen molar-refractivity contribution in [3.8, 4) is 47.4 Å². The second kappa shape index (κ2) is 30.4. The number of hydrogen-bond donors (Lipinski definition) is 4. The van der Waals surface area contributed by atoms with Crippen molar-refractivity contribution in [2.75, 3.05) is 39.5 Å². The Balaban J connectivity index is -0.000000391. The van der Waals surface area contributed by atoms with Crippen LogP contribution in [0.1, 0.15) is 40.5 Å². The molecule has 0 bridgehead atoms. The van der Waals surface area contributed by atoms with Crippen molar-refractivity contribution in [2.24, 2.45) is 0 Å². The first-order valence-corrected chi connectivity index (χ1v) is 9.48. The van der Waals surface area contributed by atoms with Crippen molar-refractivity contribution >= 4 is 12.2 Å². The number of unbranched alkanes of at least 4 members (excludes halogenated alkanes) is 1. The van der Waals surface area contributed by atoms with E-state index in [9.17, 15) is 9.59 Å². The number of carbonyl (C=O) groups excluding carboxylic acids is 2. The normalized spacial score (nSPS) is 7.27. The molecule has 8 nitrogen and oxygen atoms in total. The van der Waals surface area contributed by atoms with Crippen LogP contribution < -0.4 is 10.6 Å². The minimum Gasteiger partial charge on any atom is -0.450 e. The molecule has 0 aliphatic rings. The van der Waals surface area contributed by atoms with E-state index in [1.807, 2.05) is 13.8 Å². The average molecular weight is 421 g/mol. The van der Waals surface area contributed by atoms with E-state index in [2.05, 4.69) is 67.5 Å². The third-order valence-corrected chi connectivity index (χ3v) is 2.20. The van der Waals surface area contributed by atoms with Gasteiger partial charge < -0.3 is 30.3 Å². The second-order valence-corrected chi connectivity index (χ2v) is 4.52. The Labute approximate surface area is 180 Å². The Morgan fingerprint density at radius 3 is 1.27 bits per heavy atom. The van der Waals surface area contributed by atoms with Gasteiger partial charge in [-0.05, 0) is 51.4 Å². The molecule has 0 saturated heterocycles. The van der Waals surface area contributed by atoms with Gasteiger partial charge in [0, 0.05) is 25.9 Å². The Morgan fingerprint density at radius 2 is 1.00 bits per heavy atom. The van der Waals surface area contributed by atoms with Gasteiger partial charge in [-0.25, -0.2) is 9.59 Å². The number of aliphatic hydroxyl groups excluding tert-OH is 2. The number of ether oxygens (including phenoxy) is 2. The number of aliphatic hydroxyl groups is 2. The van der Waals surface area contributed by atoms with Gasteiger partial charge in [0.05, 0.1) is 13.2 Å². The summed E-state index contributed by atoms with van der Waals surface area (Å²) < 4.78 is 9.06. The van der Waals surface area contributed by atoms with E-state index in [1.165, 1.54) is 0 Å². The molecule has 166 valence electrons. The second-order valence-electron chi connectivity index (χ2n) is 4.52. The van der Waals surface area contributed by atoms with Crippen LogP contribution in [0.25, 0.3) is 0 Å². The molecule has 0 atom stereocenters. The molecule has 0 aromatic rings. The van der Waals surface area contributed by atoms with Gasteiger partial charge in [0.15, 0.2) is 0 Å². The highest BCUT2D eigenvalue weighted by atomic mass is 16.6. The summed E-state index contributed by atoms with van der Waals surface area (Å²) in [7, 11) is 0. The zero-order chi connectivity index (χ0) is 23.3. The Morgan fingerprint density at radius 1 is 0.667 bits per heavy atom. The van der Waals surface area contributed by atoms with E-state index in [0.29, 0.717) is 39.1 Å². The monoisotopic (exact) mass is 420 g/mol. The van der Waals surface area contributed by atoms with Crippen LogP contribution in [-0.4, -0.2) is 61.9 Å². The first-order chi connectivity index (χ1) is 14.5. The predicted octanol–water partition coefficient (Wildman–Crippen LogP) is 1.27. The van der Waals surface area contributed by atoms with E-state index in [1.54, 1.807) is 13.8 Å². The molecule has 0 heterocycles. The lowest BCUT2D eigenvalue weighted by Crippen LogP contribution is -2.23. The van der Waals surface area contributed by atoms with E-state index in [4.69, 9.17) is 10.2 Å². The molecular formula is C22H32N2O6. The first-order valence-electron chi connectivity index (χ1n) is 9.48. The Hall–Kier alpha value is -3.30. The van der Waals surface area contributed by atoms with Crippen molar-refractivity contribution in [1.82, 2.24) is 10.6 Å². The van der Waals surface area contributed by atoms with E-state index >= 15 is 0 Å². The van der Waals surface area contributed by atoms with Crippen molar-refractivity contribution < 1.29 is 29.3 Å². The highest BCUT2D eigenvalue weighted by Crippen LogP contribution is 1.81. The minimum absolute atomic E-state index is 0.161. The van der Waals surface area contributed by atoms with Crippen LogP contribution in [0, 0.1) is 47.4 Å². The summed E-state index contributed by atoms with van der Waals surface area (Å²) >= 11 is 0. The van der Waals surface area contributed by atoms with Crippen LogP contribution in [0.15, 0.2) is 0 Å². The molecule has 30 heavy (non-hydrogen) atoms. The van der Waals surface area contributed by atoms with Crippen LogP contribution in [-0.2, 0) is 9.47 Å². The number of amides is 2. The SMILES string of the molecule is CCNC(=O)OCC.CCNC(=O)OCC.OCC#CC#CCCC#CC#CCO. The molecule has 8 heteroatoms. The largest absolute Gasteiger partial charge is 0.450 e. The fourth-order valence-electron chi connectivity index (χ4n) is 1.16. The number of nitrogens with one attached hydrogen (secondary N) is 2. The minimum atomic E-state index is -0.338. The lowest BCUT2D eigenvalue weighted by molar-refractivity contribution is 0.152. The van der Waals surface area contributed by atoms with Crippen LogP contribution in [0.2, 0.25) is 0 Å². The lowest BCUT2D eigenvalue weighted by atomic mass is 10.3. The zero-order valence-electron chi connectivity index (χ0n) is 18.2. The fraction of sp³-hybridized carbons (Fsp3) is 0.545. The molecule has 4 N–H and O–H groups in total. The third-order valence-electron chi connectivity index (χ3n) is 2.20. The molecule has 0 saturated carbocycles. The van der Waals surface area contributed by atoms with Crippen LogP contribution in [0.5, 0.6) is 0 Å². The van der Waals surface area contributed by atoms with E-state index < -0.39 is 0 Å². The molecule has 0 fully saturated rings. The summed E-state index contributed by atoms with van der Waals surface area (Å²) in [5, 5.41) is 21.6. The summed E-state index contributed by atoms with van der Waals surface area (Å²) in [5.41, 5.74) is 0.